The fraction of sp³-hybridized carbons (Fsp3) is 0.267. The summed E-state index contributed by atoms with van der Waals surface area (Å²) in [5.74, 6) is -3.70. The normalized spacial score (nSPS) is 20.5. The molecular formula is C15H12F3N3O3. The number of halogens is 3. The Morgan fingerprint density at radius 1 is 1.25 bits per heavy atom. The van der Waals surface area contributed by atoms with Crippen molar-refractivity contribution in [1.29, 1.82) is 0 Å². The lowest BCUT2D eigenvalue weighted by molar-refractivity contribution is -0.192. The summed E-state index contributed by atoms with van der Waals surface area (Å²) in [5.41, 5.74) is 0.980. The van der Waals surface area contributed by atoms with E-state index >= 15 is 0 Å². The minimum atomic E-state index is -5.19. The van der Waals surface area contributed by atoms with Crippen molar-refractivity contribution in [2.24, 2.45) is 0 Å². The molecule has 6 nitrogen and oxygen atoms in total. The van der Waals surface area contributed by atoms with E-state index in [1.54, 1.807) is 18.2 Å². The van der Waals surface area contributed by atoms with Crippen LogP contribution < -0.4 is 0 Å². The molecule has 2 atom stereocenters. The van der Waals surface area contributed by atoms with Crippen molar-refractivity contribution < 1.29 is 27.9 Å². The smallest absolute Gasteiger partial charge is 0.471 e. The van der Waals surface area contributed by atoms with Gasteiger partial charge in [-0.25, -0.2) is 9.78 Å². The summed E-state index contributed by atoms with van der Waals surface area (Å²) in [6.45, 7) is 0. The lowest BCUT2D eigenvalue weighted by Crippen LogP contribution is -2.55. The molecule has 1 aromatic heterocycles. The molecule has 2 N–H and O–H groups in total. The Morgan fingerprint density at radius 2 is 1.92 bits per heavy atom. The van der Waals surface area contributed by atoms with Crippen LogP contribution in [0, 0.1) is 0 Å². The SMILES string of the molecule is O=C(O)[C@@H]1Cc2[nH]cnc2[C@H](c2ccccc2)N1C(=O)C(F)(F)F. The van der Waals surface area contributed by atoms with Gasteiger partial charge in [0, 0.05) is 12.1 Å². The van der Waals surface area contributed by atoms with Crippen molar-refractivity contribution in [2.45, 2.75) is 24.7 Å². The highest BCUT2D eigenvalue weighted by atomic mass is 19.4. The average molecular weight is 339 g/mol. The van der Waals surface area contributed by atoms with Crippen molar-refractivity contribution in [3.8, 4) is 0 Å². The van der Waals surface area contributed by atoms with Crippen LogP contribution in [0.2, 0.25) is 0 Å². The van der Waals surface area contributed by atoms with E-state index in [0.717, 1.165) is 0 Å². The van der Waals surface area contributed by atoms with Crippen LogP contribution in [0.1, 0.15) is 23.0 Å². The third-order valence-corrected chi connectivity index (χ3v) is 3.90. The second-order valence-electron chi connectivity index (χ2n) is 5.35. The second-order valence-corrected chi connectivity index (χ2v) is 5.35. The van der Waals surface area contributed by atoms with E-state index in [9.17, 15) is 27.9 Å². The first-order chi connectivity index (χ1) is 11.3. The number of carbonyl (C=O) groups is 2. The van der Waals surface area contributed by atoms with Crippen LogP contribution in [-0.2, 0) is 16.0 Å². The number of aromatic nitrogens is 2. The number of alkyl halides is 3. The maximum atomic E-state index is 13.0. The summed E-state index contributed by atoms with van der Waals surface area (Å²) >= 11 is 0. The van der Waals surface area contributed by atoms with Crippen molar-refractivity contribution in [2.75, 3.05) is 0 Å². The fourth-order valence-electron chi connectivity index (χ4n) is 2.90. The molecule has 1 aliphatic heterocycles. The van der Waals surface area contributed by atoms with E-state index in [0.29, 0.717) is 16.2 Å². The van der Waals surface area contributed by atoms with Gasteiger partial charge >= 0.3 is 18.1 Å². The number of aromatic amines is 1. The Morgan fingerprint density at radius 3 is 2.50 bits per heavy atom. The molecule has 24 heavy (non-hydrogen) atoms. The number of hydrogen-bond acceptors (Lipinski definition) is 3. The number of rotatable bonds is 2. The molecule has 0 aliphatic carbocycles. The van der Waals surface area contributed by atoms with E-state index in [-0.39, 0.29) is 12.1 Å². The largest absolute Gasteiger partial charge is 0.480 e. The van der Waals surface area contributed by atoms with Gasteiger partial charge < -0.3 is 15.0 Å². The highest BCUT2D eigenvalue weighted by Gasteiger charge is 2.52. The van der Waals surface area contributed by atoms with Crippen LogP contribution in [0.15, 0.2) is 36.7 Å². The molecule has 1 amide bonds. The molecule has 0 bridgehead atoms. The number of imidazole rings is 1. The third kappa shape index (κ3) is 2.61. The van der Waals surface area contributed by atoms with Gasteiger partial charge in [-0.15, -0.1) is 0 Å². The van der Waals surface area contributed by atoms with E-state index in [4.69, 9.17) is 0 Å². The van der Waals surface area contributed by atoms with Crippen molar-refractivity contribution in [1.82, 2.24) is 14.9 Å². The van der Waals surface area contributed by atoms with Gasteiger partial charge in [0.05, 0.1) is 12.0 Å². The third-order valence-electron chi connectivity index (χ3n) is 3.90. The Hall–Kier alpha value is -2.84. The van der Waals surface area contributed by atoms with Crippen LogP contribution >= 0.6 is 0 Å². The number of benzene rings is 1. The number of hydrogen-bond donors (Lipinski definition) is 2. The topological polar surface area (TPSA) is 86.3 Å². The van der Waals surface area contributed by atoms with E-state index in [2.05, 4.69) is 9.97 Å². The number of carboxylic acids is 1. The lowest BCUT2D eigenvalue weighted by atomic mass is 9.91. The minimum absolute atomic E-state index is 0.219. The molecule has 0 saturated carbocycles. The van der Waals surface area contributed by atoms with Gasteiger partial charge in [-0.3, -0.25) is 4.79 Å². The van der Waals surface area contributed by atoms with Gasteiger partial charge in [-0.1, -0.05) is 30.3 Å². The summed E-state index contributed by atoms with van der Waals surface area (Å²) in [4.78, 5) is 30.6. The number of fused-ring (bicyclic) bond motifs is 1. The molecule has 2 aromatic rings. The molecule has 0 fully saturated rings. The summed E-state index contributed by atoms with van der Waals surface area (Å²) in [6, 6.07) is 5.06. The van der Waals surface area contributed by atoms with Gasteiger partial charge in [0.25, 0.3) is 0 Å². The Balaban J connectivity index is 2.19. The van der Waals surface area contributed by atoms with Crippen molar-refractivity contribution in [3.63, 3.8) is 0 Å². The van der Waals surface area contributed by atoms with Crippen molar-refractivity contribution >= 4 is 11.9 Å². The van der Waals surface area contributed by atoms with Crippen LogP contribution in [0.5, 0.6) is 0 Å². The van der Waals surface area contributed by atoms with Gasteiger partial charge in [0.1, 0.15) is 12.1 Å². The van der Waals surface area contributed by atoms with E-state index in [1.165, 1.54) is 18.5 Å². The molecule has 0 radical (unpaired) electrons. The molecule has 1 aromatic carbocycles. The first-order valence-corrected chi connectivity index (χ1v) is 7.00. The standard InChI is InChI=1S/C15H12F3N3O3/c16-15(17,18)14(24)21-10(13(22)23)6-9-11(20-7-19-9)12(21)8-4-2-1-3-5-8/h1-5,7,10,12H,6H2,(H,19,20)(H,22,23)/t10-,12-/m0/s1. The molecule has 1 aliphatic rings. The molecule has 9 heteroatoms. The number of nitrogens with one attached hydrogen (secondary N) is 1. The fourth-order valence-corrected chi connectivity index (χ4v) is 2.90. The zero-order valence-corrected chi connectivity index (χ0v) is 12.1. The molecule has 0 unspecified atom stereocenters. The molecule has 2 heterocycles. The predicted molar refractivity (Wildman–Crippen MR) is 74.9 cm³/mol. The number of nitrogens with zero attached hydrogens (tertiary/aromatic N) is 2. The number of aliphatic carboxylic acids is 1. The Labute approximate surface area is 133 Å². The zero-order chi connectivity index (χ0) is 17.5. The van der Waals surface area contributed by atoms with Crippen LogP contribution in [0.4, 0.5) is 13.2 Å². The van der Waals surface area contributed by atoms with Crippen LogP contribution in [0.3, 0.4) is 0 Å². The Kier molecular flexibility index (Phi) is 3.78. The predicted octanol–water partition coefficient (Wildman–Crippen LogP) is 1.90. The molecule has 0 spiro atoms. The first-order valence-electron chi connectivity index (χ1n) is 7.00. The molecule has 0 saturated heterocycles. The summed E-state index contributed by atoms with van der Waals surface area (Å²) in [7, 11) is 0. The molecule has 126 valence electrons. The van der Waals surface area contributed by atoms with Gasteiger partial charge in [0.2, 0.25) is 0 Å². The molecule has 3 rings (SSSR count). The van der Waals surface area contributed by atoms with Crippen LogP contribution in [0.25, 0.3) is 0 Å². The zero-order valence-electron chi connectivity index (χ0n) is 12.1. The second kappa shape index (κ2) is 5.66. The Bertz CT molecular complexity index is 773. The van der Waals surface area contributed by atoms with E-state index in [1.807, 2.05) is 0 Å². The van der Waals surface area contributed by atoms with Crippen molar-refractivity contribution in [3.05, 3.63) is 53.6 Å². The molecular weight excluding hydrogens is 327 g/mol. The number of amides is 1. The number of H-pyrrole nitrogens is 1. The lowest BCUT2D eigenvalue weighted by Gasteiger charge is -2.39. The van der Waals surface area contributed by atoms with Crippen LogP contribution in [-0.4, -0.2) is 44.1 Å². The maximum Gasteiger partial charge on any atom is 0.471 e. The average Bonchev–Trinajstić information content (AvgIpc) is 3.00. The minimum Gasteiger partial charge on any atom is -0.480 e. The summed E-state index contributed by atoms with van der Waals surface area (Å²) < 4.78 is 39.1. The summed E-state index contributed by atoms with van der Waals surface area (Å²) in [6.07, 6.45) is -4.18. The highest BCUT2D eigenvalue weighted by molar-refractivity contribution is 5.88. The first kappa shape index (κ1) is 16.0. The van der Waals surface area contributed by atoms with Gasteiger partial charge in [-0.05, 0) is 5.56 Å². The number of carbonyl (C=O) groups excluding carboxylic acids is 1. The van der Waals surface area contributed by atoms with Gasteiger partial charge in [-0.2, -0.15) is 13.2 Å². The highest BCUT2D eigenvalue weighted by Crippen LogP contribution is 2.38. The van der Waals surface area contributed by atoms with E-state index < -0.39 is 30.1 Å². The van der Waals surface area contributed by atoms with Gasteiger partial charge in [0.15, 0.2) is 0 Å². The summed E-state index contributed by atoms with van der Waals surface area (Å²) in [5, 5.41) is 9.36. The maximum absolute atomic E-state index is 13.0. The quantitative estimate of drug-likeness (QED) is 0.875. The number of carboxylic acid groups (broad SMARTS) is 1. The monoisotopic (exact) mass is 339 g/mol.